The molecule has 7 nitrogen and oxygen atoms in total. The molecule has 34 heavy (non-hydrogen) atoms. The van der Waals surface area contributed by atoms with Gasteiger partial charge in [-0.05, 0) is 37.9 Å². The maximum absolute atomic E-state index is 14.2. The van der Waals surface area contributed by atoms with Crippen molar-refractivity contribution in [1.29, 1.82) is 0 Å². The second kappa shape index (κ2) is 7.65. The monoisotopic (exact) mass is 483 g/mol. The van der Waals surface area contributed by atoms with Gasteiger partial charge in [0.25, 0.3) is 5.91 Å². The molecule has 0 bridgehead atoms. The van der Waals surface area contributed by atoms with E-state index in [2.05, 4.69) is 28.8 Å². The number of hydrogen-bond acceptors (Lipinski definition) is 6. The van der Waals surface area contributed by atoms with Gasteiger partial charge in [0.1, 0.15) is 17.7 Å². The molecular formula is C25H27ClFN5O2. The van der Waals surface area contributed by atoms with Gasteiger partial charge in [-0.2, -0.15) is 0 Å². The quantitative estimate of drug-likeness (QED) is 0.718. The smallest absolute Gasteiger partial charge is 0.258 e. The summed E-state index contributed by atoms with van der Waals surface area (Å²) in [6.45, 7) is 2.82. The molecule has 1 aromatic heterocycles. The van der Waals surface area contributed by atoms with Crippen LogP contribution in [0.5, 0.6) is 5.75 Å². The molecule has 4 aliphatic rings. The summed E-state index contributed by atoms with van der Waals surface area (Å²) in [6.07, 6.45) is 6.05. The van der Waals surface area contributed by atoms with E-state index in [4.69, 9.17) is 22.1 Å². The van der Waals surface area contributed by atoms with Crippen molar-refractivity contribution in [2.75, 3.05) is 20.1 Å². The number of halogens is 2. The number of amides is 1. The number of nitrogens with zero attached hydrogens (tertiary/aromatic N) is 4. The van der Waals surface area contributed by atoms with Crippen molar-refractivity contribution in [1.82, 2.24) is 19.8 Å². The third-order valence-corrected chi connectivity index (χ3v) is 8.46. The van der Waals surface area contributed by atoms with E-state index in [9.17, 15) is 9.18 Å². The lowest BCUT2D eigenvalue weighted by Crippen LogP contribution is -2.76. The van der Waals surface area contributed by atoms with Crippen LogP contribution in [0.2, 0.25) is 5.02 Å². The lowest BCUT2D eigenvalue weighted by molar-refractivity contribution is -0.210. The van der Waals surface area contributed by atoms with E-state index in [0.29, 0.717) is 56.8 Å². The molecule has 2 N–H and O–H groups in total. The van der Waals surface area contributed by atoms with Crippen LogP contribution in [0.4, 0.5) is 4.39 Å². The van der Waals surface area contributed by atoms with Crippen LogP contribution in [0.3, 0.4) is 0 Å². The number of benzene rings is 1. The van der Waals surface area contributed by atoms with Crippen molar-refractivity contribution in [3.63, 3.8) is 0 Å². The van der Waals surface area contributed by atoms with E-state index in [1.165, 1.54) is 37.0 Å². The molecule has 1 saturated heterocycles. The van der Waals surface area contributed by atoms with Crippen molar-refractivity contribution in [2.45, 2.75) is 44.4 Å². The van der Waals surface area contributed by atoms with E-state index in [0.717, 1.165) is 12.8 Å². The molecule has 2 saturated carbocycles. The van der Waals surface area contributed by atoms with Crippen molar-refractivity contribution >= 4 is 23.1 Å². The van der Waals surface area contributed by atoms with Crippen LogP contribution in [0.1, 0.15) is 42.4 Å². The summed E-state index contributed by atoms with van der Waals surface area (Å²) in [4.78, 5) is 26.0. The Kier molecular flexibility index (Phi) is 4.90. The van der Waals surface area contributed by atoms with Crippen molar-refractivity contribution < 1.29 is 13.9 Å². The van der Waals surface area contributed by atoms with Gasteiger partial charge in [-0.3, -0.25) is 9.69 Å². The second-order valence-corrected chi connectivity index (χ2v) is 10.7. The van der Waals surface area contributed by atoms with Crippen LogP contribution >= 0.6 is 11.6 Å². The molecular weight excluding hydrogens is 457 g/mol. The largest absolute Gasteiger partial charge is 0.489 e. The predicted molar refractivity (Wildman–Crippen MR) is 126 cm³/mol. The van der Waals surface area contributed by atoms with Gasteiger partial charge in [0, 0.05) is 53.6 Å². The van der Waals surface area contributed by atoms with E-state index >= 15 is 0 Å². The third kappa shape index (κ3) is 3.15. The van der Waals surface area contributed by atoms with Gasteiger partial charge in [0.2, 0.25) is 0 Å². The number of likely N-dealkylation sites (tertiary alicyclic amines) is 1. The zero-order chi connectivity index (χ0) is 23.8. The second-order valence-electron chi connectivity index (χ2n) is 10.3. The molecule has 6 rings (SSSR count). The highest BCUT2D eigenvalue weighted by atomic mass is 35.5. The van der Waals surface area contributed by atoms with Crippen LogP contribution in [0.25, 0.3) is 5.57 Å². The first kappa shape index (κ1) is 21.8. The lowest BCUT2D eigenvalue weighted by atomic mass is 9.49. The van der Waals surface area contributed by atoms with Gasteiger partial charge in [0.15, 0.2) is 5.82 Å². The minimum absolute atomic E-state index is 0.0295. The van der Waals surface area contributed by atoms with Gasteiger partial charge in [-0.15, -0.1) is 0 Å². The Morgan fingerprint density at radius 2 is 2.03 bits per heavy atom. The topological polar surface area (TPSA) is 84.6 Å². The van der Waals surface area contributed by atoms with Crippen LogP contribution in [0.15, 0.2) is 36.3 Å². The SMILES string of the molecule is C[C@H]1CC23CC(Oc4cc(F)ccc4C(=O)N4CC(N)=C(c5ncc(Cl)cn5)C4)CC2N(C)C13. The summed E-state index contributed by atoms with van der Waals surface area (Å²) in [6, 6.07) is 5.25. The molecule has 1 aromatic carbocycles. The number of piperidine rings is 1. The molecule has 9 heteroatoms. The summed E-state index contributed by atoms with van der Waals surface area (Å²) in [5, 5.41) is 0.427. The standard InChI is InChI=1S/C25H27ClFN5O2/c1-13-7-25-8-16(6-21(25)31(2)22(13)25)34-20-5-15(27)3-4-17(20)24(33)32-11-18(19(28)12-32)23-29-9-14(26)10-30-23/h3-5,9-10,13,16,21-22H,6-8,11-12,28H2,1-2H3/t13-,16?,21?,22?,25?/m0/s1. The fourth-order valence-corrected chi connectivity index (χ4v) is 7.18. The van der Waals surface area contributed by atoms with Crippen LogP contribution < -0.4 is 10.5 Å². The molecule has 4 unspecified atom stereocenters. The number of aromatic nitrogens is 2. The fraction of sp³-hybridized carbons (Fsp3) is 0.480. The number of carbonyl (C=O) groups excluding carboxylic acids is 1. The highest BCUT2D eigenvalue weighted by Gasteiger charge is 2.71. The summed E-state index contributed by atoms with van der Waals surface area (Å²) < 4.78 is 20.5. The Morgan fingerprint density at radius 1 is 1.26 bits per heavy atom. The Hall–Kier alpha value is -2.71. The summed E-state index contributed by atoms with van der Waals surface area (Å²) in [5.41, 5.74) is 8.11. The average molecular weight is 484 g/mol. The Bertz CT molecular complexity index is 1200. The molecule has 178 valence electrons. The molecule has 3 heterocycles. The highest BCUT2D eigenvalue weighted by molar-refractivity contribution is 6.30. The first-order valence-corrected chi connectivity index (χ1v) is 12.1. The first-order chi connectivity index (χ1) is 16.3. The molecule has 0 radical (unpaired) electrons. The van der Waals surface area contributed by atoms with Gasteiger partial charge in [-0.1, -0.05) is 18.5 Å². The molecule has 1 amide bonds. The minimum Gasteiger partial charge on any atom is -0.489 e. The molecule has 2 aliphatic heterocycles. The number of rotatable bonds is 4. The van der Waals surface area contributed by atoms with Crippen LogP contribution in [0, 0.1) is 17.2 Å². The maximum atomic E-state index is 14.2. The van der Waals surface area contributed by atoms with Gasteiger partial charge in [0.05, 0.1) is 23.7 Å². The van der Waals surface area contributed by atoms with E-state index in [1.54, 1.807) is 4.90 Å². The van der Waals surface area contributed by atoms with Crippen molar-refractivity contribution in [3.8, 4) is 5.75 Å². The molecule has 1 spiro atoms. The van der Waals surface area contributed by atoms with Crippen LogP contribution in [-0.2, 0) is 0 Å². The normalized spacial score (nSPS) is 32.2. The number of hydrogen-bond donors (Lipinski definition) is 1. The first-order valence-electron chi connectivity index (χ1n) is 11.7. The summed E-state index contributed by atoms with van der Waals surface area (Å²) >= 11 is 5.89. The van der Waals surface area contributed by atoms with Gasteiger partial charge >= 0.3 is 0 Å². The minimum atomic E-state index is -0.424. The average Bonchev–Trinajstić information content (AvgIpc) is 3.34. The van der Waals surface area contributed by atoms with Gasteiger partial charge in [-0.25, -0.2) is 14.4 Å². The lowest BCUT2D eigenvalue weighted by Gasteiger charge is -2.70. The number of ether oxygens (including phenoxy) is 1. The van der Waals surface area contributed by atoms with Crippen molar-refractivity contribution in [2.24, 2.45) is 17.1 Å². The van der Waals surface area contributed by atoms with Gasteiger partial charge < -0.3 is 15.4 Å². The summed E-state index contributed by atoms with van der Waals surface area (Å²) in [7, 11) is 2.19. The van der Waals surface area contributed by atoms with E-state index in [-0.39, 0.29) is 25.1 Å². The molecule has 2 aromatic rings. The Labute approximate surface area is 202 Å². The predicted octanol–water partition coefficient (Wildman–Crippen LogP) is 3.34. The third-order valence-electron chi connectivity index (χ3n) is 8.26. The Morgan fingerprint density at radius 3 is 2.76 bits per heavy atom. The summed E-state index contributed by atoms with van der Waals surface area (Å²) in [5.74, 6) is 0.773. The Balaban J connectivity index is 1.20. The molecule has 2 aliphatic carbocycles. The molecule has 3 fully saturated rings. The number of carbonyl (C=O) groups is 1. The number of nitrogens with two attached hydrogens (primary N) is 1. The van der Waals surface area contributed by atoms with Crippen LogP contribution in [-0.4, -0.2) is 64.0 Å². The molecule has 5 atom stereocenters. The van der Waals surface area contributed by atoms with Crippen molar-refractivity contribution in [3.05, 3.63) is 58.5 Å². The van der Waals surface area contributed by atoms with E-state index < -0.39 is 5.82 Å². The fourth-order valence-electron chi connectivity index (χ4n) is 7.08. The van der Waals surface area contributed by atoms with E-state index in [1.807, 2.05) is 0 Å². The maximum Gasteiger partial charge on any atom is 0.258 e. The highest BCUT2D eigenvalue weighted by Crippen LogP contribution is 2.67. The zero-order valence-corrected chi connectivity index (χ0v) is 19.9. The zero-order valence-electron chi connectivity index (χ0n) is 19.2.